The molecular weight excluding hydrogens is 354 g/mol. The van der Waals surface area contributed by atoms with Crippen molar-refractivity contribution in [1.82, 2.24) is 20.3 Å². The van der Waals surface area contributed by atoms with Crippen LogP contribution in [0.15, 0.2) is 42.9 Å². The number of aromatic amines is 1. The van der Waals surface area contributed by atoms with Crippen molar-refractivity contribution in [1.29, 1.82) is 5.26 Å². The van der Waals surface area contributed by atoms with Gasteiger partial charge in [0, 0.05) is 25.3 Å². The number of nitrogens with zero attached hydrogens (tertiary/aromatic N) is 4. The van der Waals surface area contributed by atoms with Crippen LogP contribution in [0.1, 0.15) is 18.4 Å². The number of nitrogens with one attached hydrogen (secondary N) is 3. The van der Waals surface area contributed by atoms with Crippen molar-refractivity contribution in [3.8, 4) is 6.07 Å². The van der Waals surface area contributed by atoms with Crippen LogP contribution in [0.5, 0.6) is 0 Å². The highest BCUT2D eigenvalue weighted by Crippen LogP contribution is 2.25. The Kier molecular flexibility index (Phi) is 5.06. The Morgan fingerprint density at radius 1 is 1.32 bits per heavy atom. The number of rotatable bonds is 5. The van der Waals surface area contributed by atoms with Gasteiger partial charge in [-0.2, -0.15) is 5.26 Å². The molecule has 0 aliphatic carbocycles. The van der Waals surface area contributed by atoms with Crippen LogP contribution in [-0.2, 0) is 4.79 Å². The summed E-state index contributed by atoms with van der Waals surface area (Å²) in [5, 5.41) is 16.3. The Morgan fingerprint density at radius 2 is 2.21 bits per heavy atom. The minimum absolute atomic E-state index is 0.0539. The van der Waals surface area contributed by atoms with Crippen LogP contribution < -0.4 is 15.5 Å². The van der Waals surface area contributed by atoms with E-state index in [1.54, 1.807) is 24.5 Å². The number of nitriles is 1. The summed E-state index contributed by atoms with van der Waals surface area (Å²) in [6.45, 7) is 1.74. The van der Waals surface area contributed by atoms with Crippen LogP contribution in [-0.4, -0.2) is 46.5 Å². The van der Waals surface area contributed by atoms with Crippen LogP contribution in [0, 0.1) is 11.3 Å². The predicted octanol–water partition coefficient (Wildman–Crippen LogP) is 2.03. The Labute approximate surface area is 162 Å². The second-order valence-electron chi connectivity index (χ2n) is 6.80. The van der Waals surface area contributed by atoms with Gasteiger partial charge in [-0.05, 0) is 31.0 Å². The molecule has 1 aliphatic heterocycles. The van der Waals surface area contributed by atoms with Crippen LogP contribution in [0.4, 0.5) is 11.5 Å². The third kappa shape index (κ3) is 3.74. The summed E-state index contributed by atoms with van der Waals surface area (Å²) >= 11 is 0. The van der Waals surface area contributed by atoms with Crippen LogP contribution in [0.2, 0.25) is 0 Å². The minimum Gasteiger partial charge on any atom is -0.375 e. The Balaban J connectivity index is 1.37. The molecule has 3 aromatic rings. The maximum atomic E-state index is 12.4. The third-order valence-electron chi connectivity index (χ3n) is 4.91. The van der Waals surface area contributed by atoms with E-state index >= 15 is 0 Å². The van der Waals surface area contributed by atoms with E-state index in [4.69, 9.17) is 5.26 Å². The van der Waals surface area contributed by atoms with E-state index in [9.17, 15) is 4.79 Å². The summed E-state index contributed by atoms with van der Waals surface area (Å²) in [5.74, 6) is 0.806. The summed E-state index contributed by atoms with van der Waals surface area (Å²) < 4.78 is 0. The first-order valence-corrected chi connectivity index (χ1v) is 9.30. The number of H-pyrrole nitrogens is 1. The molecule has 1 aliphatic rings. The average Bonchev–Trinajstić information content (AvgIpc) is 3.21. The maximum Gasteiger partial charge on any atom is 0.239 e. The van der Waals surface area contributed by atoms with Crippen molar-refractivity contribution >= 4 is 28.4 Å². The number of hydrogen-bond acceptors (Lipinski definition) is 6. The smallest absolute Gasteiger partial charge is 0.239 e. The van der Waals surface area contributed by atoms with Crippen molar-refractivity contribution < 1.29 is 4.79 Å². The zero-order valence-corrected chi connectivity index (χ0v) is 15.4. The standard InChI is InChI=1S/C20H21N7O/c21-10-14-4-1-2-6-17(14)23-11-18(28)26-15-5-3-9-27(12-15)20-16-7-8-22-19(16)24-13-25-20/h1-2,4,6-8,13,15,23H,3,5,9,11-12H2,(H,26,28)(H,22,24,25)/t15-/m1/s1. The minimum atomic E-state index is -0.0888. The second kappa shape index (κ2) is 7.96. The molecule has 3 heterocycles. The summed E-state index contributed by atoms with van der Waals surface area (Å²) in [6.07, 6.45) is 5.33. The maximum absolute atomic E-state index is 12.4. The van der Waals surface area contributed by atoms with E-state index in [0.717, 1.165) is 36.2 Å². The van der Waals surface area contributed by atoms with Crippen LogP contribution >= 0.6 is 0 Å². The summed E-state index contributed by atoms with van der Waals surface area (Å²) in [7, 11) is 0. The quantitative estimate of drug-likeness (QED) is 0.629. The van der Waals surface area contributed by atoms with Gasteiger partial charge in [-0.3, -0.25) is 4.79 Å². The molecule has 0 spiro atoms. The number of piperidine rings is 1. The van der Waals surface area contributed by atoms with Crippen LogP contribution in [0.3, 0.4) is 0 Å². The topological polar surface area (TPSA) is 110 Å². The van der Waals surface area contributed by atoms with Gasteiger partial charge in [-0.25, -0.2) is 9.97 Å². The van der Waals surface area contributed by atoms with E-state index in [1.807, 2.05) is 18.3 Å². The molecular formula is C20H21N7O. The Morgan fingerprint density at radius 3 is 3.11 bits per heavy atom. The van der Waals surface area contributed by atoms with Crippen molar-refractivity contribution in [3.05, 3.63) is 48.4 Å². The third-order valence-corrected chi connectivity index (χ3v) is 4.91. The van der Waals surface area contributed by atoms with Crippen molar-refractivity contribution in [3.63, 3.8) is 0 Å². The monoisotopic (exact) mass is 375 g/mol. The highest BCUT2D eigenvalue weighted by Gasteiger charge is 2.23. The van der Waals surface area contributed by atoms with Crippen molar-refractivity contribution in [2.24, 2.45) is 0 Å². The molecule has 0 saturated carbocycles. The number of amides is 1. The molecule has 2 aromatic heterocycles. The normalized spacial score (nSPS) is 16.5. The summed E-state index contributed by atoms with van der Waals surface area (Å²) in [6, 6.07) is 11.3. The van der Waals surface area contributed by atoms with E-state index in [-0.39, 0.29) is 18.5 Å². The SMILES string of the molecule is N#Cc1ccccc1NCC(=O)N[C@@H]1CCCN(c2ncnc3[nH]ccc23)C1. The molecule has 0 bridgehead atoms. The number of carbonyl (C=O) groups is 1. The highest BCUT2D eigenvalue weighted by atomic mass is 16.2. The fourth-order valence-corrected chi connectivity index (χ4v) is 3.59. The number of para-hydroxylation sites is 1. The summed E-state index contributed by atoms with van der Waals surface area (Å²) in [4.78, 5) is 26.4. The zero-order valence-electron chi connectivity index (χ0n) is 15.4. The molecule has 8 nitrogen and oxygen atoms in total. The molecule has 3 N–H and O–H groups in total. The molecule has 1 fully saturated rings. The van der Waals surface area contributed by atoms with Gasteiger partial charge in [0.15, 0.2) is 0 Å². The van der Waals surface area contributed by atoms with Gasteiger partial charge in [0.25, 0.3) is 0 Å². The lowest BCUT2D eigenvalue weighted by atomic mass is 10.1. The van der Waals surface area contributed by atoms with Gasteiger partial charge in [0.05, 0.1) is 23.2 Å². The molecule has 8 heteroatoms. The fourth-order valence-electron chi connectivity index (χ4n) is 3.59. The van der Waals surface area contributed by atoms with Gasteiger partial charge in [0.1, 0.15) is 23.9 Å². The van der Waals surface area contributed by atoms with Gasteiger partial charge in [0.2, 0.25) is 5.91 Å². The predicted molar refractivity (Wildman–Crippen MR) is 107 cm³/mol. The zero-order chi connectivity index (χ0) is 19.3. The van der Waals surface area contributed by atoms with Gasteiger partial charge in [-0.15, -0.1) is 0 Å². The first-order valence-electron chi connectivity index (χ1n) is 9.30. The molecule has 1 atom stereocenters. The lowest BCUT2D eigenvalue weighted by Gasteiger charge is -2.34. The van der Waals surface area contributed by atoms with Crippen LogP contribution in [0.25, 0.3) is 11.0 Å². The summed E-state index contributed by atoms with van der Waals surface area (Å²) in [5.41, 5.74) is 2.01. The average molecular weight is 375 g/mol. The van der Waals surface area contributed by atoms with E-state index in [0.29, 0.717) is 17.8 Å². The van der Waals surface area contributed by atoms with E-state index in [2.05, 4.69) is 36.6 Å². The first kappa shape index (κ1) is 17.8. The fraction of sp³-hybridized carbons (Fsp3) is 0.300. The molecule has 142 valence electrons. The number of hydrogen-bond donors (Lipinski definition) is 3. The van der Waals surface area contributed by atoms with Crippen molar-refractivity contribution in [2.45, 2.75) is 18.9 Å². The molecule has 28 heavy (non-hydrogen) atoms. The van der Waals surface area contributed by atoms with Crippen molar-refractivity contribution in [2.75, 3.05) is 29.9 Å². The Bertz CT molecular complexity index is 1020. The first-order chi connectivity index (χ1) is 13.7. The molecule has 1 amide bonds. The number of fused-ring (bicyclic) bond motifs is 1. The number of aromatic nitrogens is 3. The number of anilines is 2. The highest BCUT2D eigenvalue weighted by molar-refractivity contribution is 5.87. The number of benzene rings is 1. The van der Waals surface area contributed by atoms with E-state index in [1.165, 1.54) is 0 Å². The van der Waals surface area contributed by atoms with Gasteiger partial charge >= 0.3 is 0 Å². The van der Waals surface area contributed by atoms with E-state index < -0.39 is 0 Å². The molecule has 0 unspecified atom stereocenters. The molecule has 4 rings (SSSR count). The van der Waals surface area contributed by atoms with Gasteiger partial charge in [-0.1, -0.05) is 12.1 Å². The van der Waals surface area contributed by atoms with Gasteiger partial charge < -0.3 is 20.5 Å². The molecule has 1 saturated heterocycles. The second-order valence-corrected chi connectivity index (χ2v) is 6.80. The number of carbonyl (C=O) groups excluding carboxylic acids is 1. The molecule has 1 aromatic carbocycles. The molecule has 0 radical (unpaired) electrons. The Hall–Kier alpha value is -3.60. The lowest BCUT2D eigenvalue weighted by molar-refractivity contribution is -0.120. The lowest BCUT2D eigenvalue weighted by Crippen LogP contribution is -2.49. The largest absolute Gasteiger partial charge is 0.375 e.